The zero-order valence-electron chi connectivity index (χ0n) is 9.66. The van der Waals surface area contributed by atoms with E-state index in [1.54, 1.807) is 24.3 Å². The van der Waals surface area contributed by atoms with Gasteiger partial charge in [-0.25, -0.2) is 4.39 Å². The second-order valence-corrected chi connectivity index (χ2v) is 4.90. The summed E-state index contributed by atoms with van der Waals surface area (Å²) in [4.78, 5) is 0. The maximum absolute atomic E-state index is 13.5. The molecule has 0 atom stereocenters. The van der Waals surface area contributed by atoms with Crippen molar-refractivity contribution < 1.29 is 9.13 Å². The molecule has 2 aromatic carbocycles. The van der Waals surface area contributed by atoms with Crippen LogP contribution in [0.25, 0.3) is 0 Å². The van der Waals surface area contributed by atoms with E-state index in [-0.39, 0.29) is 17.2 Å². The average Bonchev–Trinajstić information content (AvgIpc) is 2.41. The van der Waals surface area contributed by atoms with Crippen molar-refractivity contribution in [3.05, 3.63) is 57.8 Å². The molecule has 0 aliphatic rings. The van der Waals surface area contributed by atoms with Crippen molar-refractivity contribution in [1.82, 2.24) is 0 Å². The number of nitriles is 1. The van der Waals surface area contributed by atoms with Crippen LogP contribution in [0.15, 0.2) is 40.9 Å². The molecular weight excluding hydrogens is 333 g/mol. The first-order valence-corrected chi connectivity index (χ1v) is 6.69. The van der Waals surface area contributed by atoms with Gasteiger partial charge in [0.15, 0.2) is 0 Å². The van der Waals surface area contributed by atoms with Gasteiger partial charge in [-0.3, -0.25) is 0 Å². The Kier molecular flexibility index (Phi) is 4.41. The lowest BCUT2D eigenvalue weighted by Gasteiger charge is -2.11. The zero-order chi connectivity index (χ0) is 13.8. The summed E-state index contributed by atoms with van der Waals surface area (Å²) in [6.07, 6.45) is 0. The maximum atomic E-state index is 13.5. The van der Waals surface area contributed by atoms with Crippen LogP contribution in [0.3, 0.4) is 0 Å². The van der Waals surface area contributed by atoms with Crippen molar-refractivity contribution in [2.75, 3.05) is 0 Å². The number of benzene rings is 2. The second-order valence-electron chi connectivity index (χ2n) is 3.71. The molecule has 5 heteroatoms. The minimum absolute atomic E-state index is 0.119. The summed E-state index contributed by atoms with van der Waals surface area (Å²) in [5, 5.41) is 8.94. The Morgan fingerprint density at radius 2 is 2.05 bits per heavy atom. The third-order valence-corrected chi connectivity index (χ3v) is 3.25. The van der Waals surface area contributed by atoms with Gasteiger partial charge in [0.2, 0.25) is 0 Å². The van der Waals surface area contributed by atoms with Crippen molar-refractivity contribution >= 4 is 27.5 Å². The number of nitrogens with zero attached hydrogens (tertiary/aromatic N) is 1. The summed E-state index contributed by atoms with van der Waals surface area (Å²) < 4.78 is 19.9. The van der Waals surface area contributed by atoms with Gasteiger partial charge in [0, 0.05) is 10.0 Å². The van der Waals surface area contributed by atoms with Crippen LogP contribution in [-0.2, 0) is 5.88 Å². The minimum Gasteiger partial charge on any atom is -0.456 e. The molecule has 2 nitrogen and oxygen atoms in total. The molecule has 0 aromatic heterocycles. The topological polar surface area (TPSA) is 33.0 Å². The molecule has 0 radical (unpaired) electrons. The molecule has 2 aromatic rings. The third kappa shape index (κ3) is 3.06. The molecule has 0 fully saturated rings. The predicted octanol–water partition coefficient (Wildman–Crippen LogP) is 4.99. The molecule has 0 bridgehead atoms. The van der Waals surface area contributed by atoms with E-state index in [0.29, 0.717) is 5.75 Å². The zero-order valence-corrected chi connectivity index (χ0v) is 12.0. The van der Waals surface area contributed by atoms with Crippen LogP contribution in [0.2, 0.25) is 0 Å². The number of alkyl halides is 1. The fourth-order valence-corrected chi connectivity index (χ4v) is 2.19. The third-order valence-electron chi connectivity index (χ3n) is 2.47. The van der Waals surface area contributed by atoms with Crippen molar-refractivity contribution in [1.29, 1.82) is 5.26 Å². The molecule has 0 saturated heterocycles. The van der Waals surface area contributed by atoms with Gasteiger partial charge in [0.1, 0.15) is 28.9 Å². The summed E-state index contributed by atoms with van der Waals surface area (Å²) in [6.45, 7) is 0. The fraction of sp³-hybridized carbons (Fsp3) is 0.0714. The van der Waals surface area contributed by atoms with Gasteiger partial charge in [-0.1, -0.05) is 22.0 Å². The highest BCUT2D eigenvalue weighted by Gasteiger charge is 2.12. The van der Waals surface area contributed by atoms with E-state index >= 15 is 0 Å². The normalized spacial score (nSPS) is 10.0. The molecule has 0 unspecified atom stereocenters. The summed E-state index contributed by atoms with van der Waals surface area (Å²) in [5.74, 6) is 0.326. The van der Waals surface area contributed by atoms with Crippen LogP contribution in [0.4, 0.5) is 4.39 Å². The fourth-order valence-electron chi connectivity index (χ4n) is 1.57. The van der Waals surface area contributed by atoms with Crippen LogP contribution in [0.1, 0.15) is 11.1 Å². The Bertz CT molecular complexity index is 654. The molecule has 0 aliphatic heterocycles. The molecule has 0 N–H and O–H groups in total. The molecular formula is C14H8BrClFNO. The highest BCUT2D eigenvalue weighted by atomic mass is 79.9. The maximum Gasteiger partial charge on any atom is 0.148 e. The molecule has 0 amide bonds. The highest BCUT2D eigenvalue weighted by Crippen LogP contribution is 2.31. The van der Waals surface area contributed by atoms with Crippen LogP contribution >= 0.6 is 27.5 Å². The summed E-state index contributed by atoms with van der Waals surface area (Å²) in [5.41, 5.74) is 0.634. The average molecular weight is 341 g/mol. The number of halogens is 3. The summed E-state index contributed by atoms with van der Waals surface area (Å²) in [7, 11) is 0. The molecule has 19 heavy (non-hydrogen) atoms. The SMILES string of the molecule is N#Cc1c(F)cccc1Oc1ccc(Br)cc1CCl. The van der Waals surface area contributed by atoms with E-state index in [1.165, 1.54) is 12.1 Å². The van der Waals surface area contributed by atoms with Crippen LogP contribution in [0, 0.1) is 17.1 Å². The molecule has 96 valence electrons. The quantitative estimate of drug-likeness (QED) is 0.737. The minimum atomic E-state index is -0.607. The lowest BCUT2D eigenvalue weighted by molar-refractivity contribution is 0.470. The van der Waals surface area contributed by atoms with Gasteiger partial charge in [0.05, 0.1) is 5.88 Å². The number of hydrogen-bond donors (Lipinski definition) is 0. The van der Waals surface area contributed by atoms with E-state index in [2.05, 4.69) is 15.9 Å². The van der Waals surface area contributed by atoms with E-state index < -0.39 is 5.82 Å². The Labute approximate surface area is 123 Å². The van der Waals surface area contributed by atoms with Gasteiger partial charge in [0.25, 0.3) is 0 Å². The standard InChI is InChI=1S/C14H8BrClFNO/c15-10-4-5-13(9(6-10)7-16)19-14-3-1-2-12(17)11(14)8-18/h1-6H,7H2. The second kappa shape index (κ2) is 6.05. The van der Waals surface area contributed by atoms with Crippen LogP contribution < -0.4 is 4.74 Å². The van der Waals surface area contributed by atoms with Gasteiger partial charge in [-0.05, 0) is 30.3 Å². The van der Waals surface area contributed by atoms with Crippen molar-refractivity contribution in [2.24, 2.45) is 0 Å². The molecule has 0 heterocycles. The summed E-state index contributed by atoms with van der Waals surface area (Å²) >= 11 is 9.17. The molecule has 2 rings (SSSR count). The lowest BCUT2D eigenvalue weighted by Crippen LogP contribution is -1.94. The number of hydrogen-bond acceptors (Lipinski definition) is 2. The first-order valence-electron chi connectivity index (χ1n) is 5.36. The van der Waals surface area contributed by atoms with E-state index in [4.69, 9.17) is 21.6 Å². The molecule has 0 spiro atoms. The van der Waals surface area contributed by atoms with Gasteiger partial charge >= 0.3 is 0 Å². The summed E-state index contributed by atoms with van der Waals surface area (Å²) in [6, 6.07) is 11.4. The van der Waals surface area contributed by atoms with Crippen molar-refractivity contribution in [3.63, 3.8) is 0 Å². The van der Waals surface area contributed by atoms with Crippen molar-refractivity contribution in [2.45, 2.75) is 5.88 Å². The Balaban J connectivity index is 2.42. The van der Waals surface area contributed by atoms with Gasteiger partial charge in [-0.2, -0.15) is 5.26 Å². The molecule has 0 aliphatic carbocycles. The predicted molar refractivity (Wildman–Crippen MR) is 74.9 cm³/mol. The van der Waals surface area contributed by atoms with Gasteiger partial charge < -0.3 is 4.74 Å². The van der Waals surface area contributed by atoms with E-state index in [9.17, 15) is 4.39 Å². The largest absolute Gasteiger partial charge is 0.456 e. The van der Waals surface area contributed by atoms with Crippen LogP contribution in [-0.4, -0.2) is 0 Å². The Morgan fingerprint density at radius 3 is 2.74 bits per heavy atom. The number of ether oxygens (including phenoxy) is 1. The van der Waals surface area contributed by atoms with Crippen molar-refractivity contribution in [3.8, 4) is 17.6 Å². The lowest BCUT2D eigenvalue weighted by atomic mass is 10.2. The van der Waals surface area contributed by atoms with Gasteiger partial charge in [-0.15, -0.1) is 11.6 Å². The number of rotatable bonds is 3. The van der Waals surface area contributed by atoms with E-state index in [1.807, 2.05) is 6.07 Å². The Morgan fingerprint density at radius 1 is 1.26 bits per heavy atom. The Hall–Kier alpha value is -1.57. The monoisotopic (exact) mass is 339 g/mol. The first-order chi connectivity index (χ1) is 9.15. The van der Waals surface area contributed by atoms with Crippen LogP contribution in [0.5, 0.6) is 11.5 Å². The first kappa shape index (κ1) is 13.9. The smallest absolute Gasteiger partial charge is 0.148 e. The highest BCUT2D eigenvalue weighted by molar-refractivity contribution is 9.10. The molecule has 0 saturated carbocycles. The van der Waals surface area contributed by atoms with E-state index in [0.717, 1.165) is 10.0 Å².